The molecule has 0 fully saturated rings. The van der Waals surface area contributed by atoms with Gasteiger partial charge in [0.2, 0.25) is 9.84 Å². The zero-order valence-electron chi connectivity index (χ0n) is 17.2. The second-order valence-electron chi connectivity index (χ2n) is 7.16. The fourth-order valence-corrected chi connectivity index (χ4v) is 4.47. The molecule has 0 saturated heterocycles. The van der Waals surface area contributed by atoms with E-state index in [0.717, 1.165) is 46.8 Å². The number of anilines is 2. The SMILES string of the molecule is O=C(c1ccc(-c2ccccc2Nc2ccccc2)cc1)S(=O)(=O)c1ccc([N+](=O)[O-])cc1. The first kappa shape index (κ1) is 21.9. The molecule has 0 unspecified atom stereocenters. The predicted molar refractivity (Wildman–Crippen MR) is 126 cm³/mol. The maximum atomic E-state index is 12.7. The summed E-state index contributed by atoms with van der Waals surface area (Å²) in [5, 5.41) is 13.1. The van der Waals surface area contributed by atoms with Crippen LogP contribution in [0.2, 0.25) is 0 Å². The van der Waals surface area contributed by atoms with Crippen molar-refractivity contribution in [2.45, 2.75) is 4.90 Å². The summed E-state index contributed by atoms with van der Waals surface area (Å²) < 4.78 is 25.4. The molecule has 0 amide bonds. The van der Waals surface area contributed by atoms with Crippen molar-refractivity contribution in [1.82, 2.24) is 0 Å². The van der Waals surface area contributed by atoms with Gasteiger partial charge < -0.3 is 5.32 Å². The number of nitrogens with one attached hydrogen (secondary N) is 1. The van der Waals surface area contributed by atoms with Crippen LogP contribution in [-0.4, -0.2) is 18.5 Å². The molecular weight excluding hydrogens is 440 g/mol. The van der Waals surface area contributed by atoms with Crippen LogP contribution >= 0.6 is 0 Å². The highest BCUT2D eigenvalue weighted by molar-refractivity contribution is 8.06. The van der Waals surface area contributed by atoms with Gasteiger partial charge in [0.05, 0.1) is 9.82 Å². The number of carbonyl (C=O) groups is 1. The minimum Gasteiger partial charge on any atom is -0.355 e. The minimum absolute atomic E-state index is 0.00519. The quantitative estimate of drug-likeness (QED) is 0.297. The lowest BCUT2D eigenvalue weighted by atomic mass is 10.0. The van der Waals surface area contributed by atoms with E-state index in [0.29, 0.717) is 0 Å². The third-order valence-corrected chi connectivity index (χ3v) is 6.63. The van der Waals surface area contributed by atoms with E-state index in [1.165, 1.54) is 12.1 Å². The second-order valence-corrected chi connectivity index (χ2v) is 9.00. The molecule has 7 nitrogen and oxygen atoms in total. The van der Waals surface area contributed by atoms with Crippen LogP contribution in [0, 0.1) is 10.1 Å². The zero-order valence-corrected chi connectivity index (χ0v) is 18.0. The van der Waals surface area contributed by atoms with E-state index in [4.69, 9.17) is 0 Å². The summed E-state index contributed by atoms with van der Waals surface area (Å²) in [6.07, 6.45) is 0. The van der Waals surface area contributed by atoms with E-state index in [-0.39, 0.29) is 16.1 Å². The van der Waals surface area contributed by atoms with Crippen molar-refractivity contribution in [2.75, 3.05) is 5.32 Å². The zero-order chi connectivity index (χ0) is 23.4. The number of hydrogen-bond acceptors (Lipinski definition) is 6. The third-order valence-electron chi connectivity index (χ3n) is 5.01. The Hall–Kier alpha value is -4.30. The Morgan fingerprint density at radius 1 is 0.758 bits per heavy atom. The Morgan fingerprint density at radius 2 is 1.36 bits per heavy atom. The van der Waals surface area contributed by atoms with Crippen molar-refractivity contribution < 1.29 is 18.1 Å². The van der Waals surface area contributed by atoms with E-state index in [2.05, 4.69) is 5.32 Å². The van der Waals surface area contributed by atoms with Crippen LogP contribution in [0.15, 0.2) is 108 Å². The number of nitrogens with zero attached hydrogens (tertiary/aromatic N) is 1. The summed E-state index contributed by atoms with van der Waals surface area (Å²) in [6, 6.07) is 27.8. The average molecular weight is 458 g/mol. The molecule has 0 aliphatic carbocycles. The van der Waals surface area contributed by atoms with Crippen LogP contribution in [0.5, 0.6) is 0 Å². The molecule has 0 bridgehead atoms. The number of nitro benzene ring substituents is 1. The van der Waals surface area contributed by atoms with Gasteiger partial charge in [0.1, 0.15) is 0 Å². The monoisotopic (exact) mass is 458 g/mol. The van der Waals surface area contributed by atoms with Crippen LogP contribution in [0.3, 0.4) is 0 Å². The first-order valence-electron chi connectivity index (χ1n) is 9.92. The van der Waals surface area contributed by atoms with Gasteiger partial charge in [-0.3, -0.25) is 14.9 Å². The van der Waals surface area contributed by atoms with Crippen molar-refractivity contribution in [3.8, 4) is 11.1 Å². The van der Waals surface area contributed by atoms with Gasteiger partial charge in [-0.2, -0.15) is 0 Å². The fourth-order valence-electron chi connectivity index (χ4n) is 3.32. The van der Waals surface area contributed by atoms with Crippen LogP contribution < -0.4 is 5.32 Å². The molecule has 0 radical (unpaired) electrons. The van der Waals surface area contributed by atoms with E-state index >= 15 is 0 Å². The molecule has 4 aromatic rings. The maximum Gasteiger partial charge on any atom is 0.281 e. The van der Waals surface area contributed by atoms with Crippen molar-refractivity contribution in [2.24, 2.45) is 0 Å². The number of benzene rings is 4. The fraction of sp³-hybridized carbons (Fsp3) is 0. The number of nitro groups is 1. The van der Waals surface area contributed by atoms with Crippen molar-refractivity contribution in [3.63, 3.8) is 0 Å². The van der Waals surface area contributed by atoms with Crippen LogP contribution in [0.4, 0.5) is 17.1 Å². The summed E-state index contributed by atoms with van der Waals surface area (Å²) in [7, 11) is -4.33. The lowest BCUT2D eigenvalue weighted by Crippen LogP contribution is -2.15. The molecule has 0 saturated carbocycles. The van der Waals surface area contributed by atoms with Crippen molar-refractivity contribution >= 4 is 32.0 Å². The smallest absolute Gasteiger partial charge is 0.281 e. The van der Waals surface area contributed by atoms with Gasteiger partial charge in [0.25, 0.3) is 10.8 Å². The Kier molecular flexibility index (Phi) is 6.01. The van der Waals surface area contributed by atoms with E-state index in [1.54, 1.807) is 12.1 Å². The summed E-state index contributed by atoms with van der Waals surface area (Å²) >= 11 is 0. The Morgan fingerprint density at radius 3 is 2.00 bits per heavy atom. The van der Waals surface area contributed by atoms with E-state index < -0.39 is 19.9 Å². The maximum absolute atomic E-state index is 12.7. The summed E-state index contributed by atoms with van der Waals surface area (Å²) in [5.74, 6) is 0. The van der Waals surface area contributed by atoms with Gasteiger partial charge in [0.15, 0.2) is 0 Å². The topological polar surface area (TPSA) is 106 Å². The molecule has 0 spiro atoms. The molecule has 4 aromatic carbocycles. The molecule has 164 valence electrons. The summed E-state index contributed by atoms with van der Waals surface area (Å²) in [6.45, 7) is 0. The number of non-ortho nitro benzene ring substituents is 1. The second kappa shape index (κ2) is 9.05. The normalized spacial score (nSPS) is 11.0. The van der Waals surface area contributed by atoms with Crippen molar-refractivity contribution in [3.05, 3.63) is 119 Å². The van der Waals surface area contributed by atoms with Crippen LogP contribution in [0.1, 0.15) is 10.4 Å². The summed E-state index contributed by atoms with van der Waals surface area (Å²) in [5.41, 5.74) is 3.23. The molecule has 8 heteroatoms. The number of rotatable bonds is 6. The average Bonchev–Trinajstić information content (AvgIpc) is 2.85. The number of para-hydroxylation sites is 2. The Balaban J connectivity index is 1.60. The molecule has 0 heterocycles. The first-order chi connectivity index (χ1) is 15.9. The molecule has 33 heavy (non-hydrogen) atoms. The summed E-state index contributed by atoms with van der Waals surface area (Å²) in [4.78, 5) is 22.6. The lowest BCUT2D eigenvalue weighted by molar-refractivity contribution is -0.384. The largest absolute Gasteiger partial charge is 0.355 e. The number of carbonyl (C=O) groups excluding carboxylic acids is 1. The van der Waals surface area contributed by atoms with Gasteiger partial charge in [-0.15, -0.1) is 0 Å². The highest BCUT2D eigenvalue weighted by atomic mass is 32.2. The predicted octanol–water partition coefficient (Wildman–Crippen LogP) is 5.62. The molecule has 4 rings (SSSR count). The van der Waals surface area contributed by atoms with Gasteiger partial charge in [-0.25, -0.2) is 8.42 Å². The van der Waals surface area contributed by atoms with E-state index in [1.807, 2.05) is 54.6 Å². The molecule has 0 atom stereocenters. The number of sulfone groups is 1. The minimum atomic E-state index is -4.33. The van der Waals surface area contributed by atoms with Crippen LogP contribution in [0.25, 0.3) is 11.1 Å². The molecule has 0 aromatic heterocycles. The van der Waals surface area contributed by atoms with E-state index in [9.17, 15) is 23.3 Å². The highest BCUT2D eigenvalue weighted by Crippen LogP contribution is 2.31. The Bertz CT molecular complexity index is 1420. The number of hydrogen-bond donors (Lipinski definition) is 1. The van der Waals surface area contributed by atoms with Crippen molar-refractivity contribution in [1.29, 1.82) is 0 Å². The Labute approximate surface area is 190 Å². The van der Waals surface area contributed by atoms with Gasteiger partial charge >= 0.3 is 0 Å². The standard InChI is InChI=1S/C25H18N2O5S/c28-25(33(31,32)22-16-14-21(15-17-22)27(29)30)19-12-10-18(11-13-19)23-8-4-5-9-24(23)26-20-6-2-1-3-7-20/h1-17,26H. The lowest BCUT2D eigenvalue weighted by Gasteiger charge is -2.13. The first-order valence-corrected chi connectivity index (χ1v) is 11.4. The third kappa shape index (κ3) is 4.65. The highest BCUT2D eigenvalue weighted by Gasteiger charge is 2.27. The van der Waals surface area contributed by atoms with Gasteiger partial charge in [0, 0.05) is 34.6 Å². The molecular formula is C25H18N2O5S. The van der Waals surface area contributed by atoms with Gasteiger partial charge in [-0.05, 0) is 48.0 Å². The van der Waals surface area contributed by atoms with Gasteiger partial charge in [-0.1, -0.05) is 48.5 Å². The molecule has 0 aliphatic heterocycles. The molecule has 0 aliphatic rings. The molecule has 1 N–H and O–H groups in total. The van der Waals surface area contributed by atoms with Crippen LogP contribution in [-0.2, 0) is 9.84 Å².